The van der Waals surface area contributed by atoms with Crippen molar-refractivity contribution in [1.82, 2.24) is 0 Å². The van der Waals surface area contributed by atoms with Gasteiger partial charge in [0.05, 0.1) is 0 Å². The van der Waals surface area contributed by atoms with Gasteiger partial charge in [-0.05, 0) is 0 Å². The summed E-state index contributed by atoms with van der Waals surface area (Å²) < 4.78 is 6.23. The first-order chi connectivity index (χ1) is 38.3. The standard InChI is InChI=1S/2C37H27.2CH3.2ClH.H2Si.Zr/c2*1-2-10-26(11-3-1)20-21-27-24-36-34(32-18-8-14-28-12-4-6-16-30(28)32)22-23-35(37(36)25-27)33-19-9-15-29-13-5-7-17-31(29)33;;;;;;/h2*1-19,22-25H,20-21H2;2*1H3;2*1H;1H2;. The summed E-state index contributed by atoms with van der Waals surface area (Å²) in [5.74, 6) is 0. The molecule has 2 unspecified atom stereocenters. The van der Waals surface area contributed by atoms with Crippen LogP contribution in [0.4, 0.5) is 0 Å². The first-order valence-electron chi connectivity index (χ1n) is 28.1. The molecular weight excluding hydrogens is 1100 g/mol. The average molecular weight is 1170 g/mol. The summed E-state index contributed by atoms with van der Waals surface area (Å²) in [7, 11) is 0. The Morgan fingerprint density at radius 2 is 0.562 bits per heavy atom. The molecule has 0 saturated carbocycles. The van der Waals surface area contributed by atoms with Gasteiger partial charge >= 0.3 is 466 Å². The van der Waals surface area contributed by atoms with Crippen LogP contribution in [0.5, 0.6) is 0 Å². The third kappa shape index (κ3) is 9.29. The normalized spacial score (nSPS) is 14.8. The van der Waals surface area contributed by atoms with Crippen LogP contribution in [0.15, 0.2) is 266 Å². The van der Waals surface area contributed by atoms with Gasteiger partial charge in [-0.2, -0.15) is 0 Å². The second-order valence-corrected chi connectivity index (χ2v) is 53.8. The fourth-order valence-electron chi connectivity index (χ4n) is 14.5. The van der Waals surface area contributed by atoms with Gasteiger partial charge < -0.3 is 0 Å². The molecule has 390 valence electrons. The van der Waals surface area contributed by atoms with E-state index in [1.54, 1.807) is 22.3 Å². The quantitative estimate of drug-likeness (QED) is 0.107. The van der Waals surface area contributed by atoms with Crippen molar-refractivity contribution in [1.29, 1.82) is 0 Å². The van der Waals surface area contributed by atoms with E-state index in [1.807, 2.05) is 0 Å². The molecule has 0 radical (unpaired) electrons. The van der Waals surface area contributed by atoms with Crippen molar-refractivity contribution >= 4 is 86.9 Å². The molecule has 0 spiro atoms. The van der Waals surface area contributed by atoms with E-state index in [2.05, 4.69) is 283 Å². The zero-order valence-electron chi connectivity index (χ0n) is 45.4. The topological polar surface area (TPSA) is 0 Å². The monoisotopic (exact) mass is 1160 g/mol. The number of hydrogen-bond acceptors (Lipinski definition) is 0. The molecule has 0 amide bonds. The SMILES string of the molecule is Cl.Cl.[CH3][Zr]([CH3])(=[SiH2])([CH]1C(CCc2ccccc2)=Cc2c(-c3cccc4ccccc34)ccc(-c3cccc4ccccc34)c21)[CH]1C(CCc2ccccc2)=Cc2c(-c3cccc4ccccc34)ccc(-c3cccc4ccccc34)c21. The van der Waals surface area contributed by atoms with Crippen LogP contribution in [-0.4, -0.2) is 6.88 Å². The maximum absolute atomic E-state index is 4.63. The first-order valence-corrected chi connectivity index (χ1v) is 41.8. The zero-order chi connectivity index (χ0) is 52.4. The van der Waals surface area contributed by atoms with Crippen LogP contribution in [0.1, 0.15) is 53.5 Å². The van der Waals surface area contributed by atoms with E-state index in [9.17, 15) is 0 Å². The minimum atomic E-state index is -4.63. The van der Waals surface area contributed by atoms with Gasteiger partial charge in [0.2, 0.25) is 0 Å². The maximum atomic E-state index is 2.89. The summed E-state index contributed by atoms with van der Waals surface area (Å²) in [5.41, 5.74) is 22.6. The first kappa shape index (κ1) is 53.5. The number of hydrogen-bond donors (Lipinski definition) is 0. The van der Waals surface area contributed by atoms with Crippen molar-refractivity contribution in [2.24, 2.45) is 0 Å². The molecular formula is C76H64Cl2SiZr. The second kappa shape index (κ2) is 21.7. The van der Waals surface area contributed by atoms with Crippen molar-refractivity contribution in [3.05, 3.63) is 299 Å². The molecule has 0 N–H and O–H groups in total. The number of allylic oxidation sites excluding steroid dienone is 2. The third-order valence-corrected chi connectivity index (χ3v) is 35.3. The van der Waals surface area contributed by atoms with E-state index < -0.39 is 17.4 Å². The Kier molecular flexibility index (Phi) is 14.5. The van der Waals surface area contributed by atoms with Crippen LogP contribution in [0.25, 0.3) is 99.7 Å². The Hall–Kier alpha value is -7.16. The Morgan fingerprint density at radius 1 is 0.287 bits per heavy atom. The third-order valence-electron chi connectivity index (χ3n) is 17.9. The van der Waals surface area contributed by atoms with Crippen molar-refractivity contribution in [2.75, 3.05) is 0 Å². The molecule has 0 bridgehead atoms. The molecule has 2 aliphatic carbocycles. The molecule has 0 nitrogen and oxygen atoms in total. The molecule has 0 heterocycles. The molecule has 0 fully saturated rings. The predicted octanol–water partition coefficient (Wildman–Crippen LogP) is 21.0. The molecule has 12 aromatic carbocycles. The zero-order valence-corrected chi connectivity index (χ0v) is 50.9. The van der Waals surface area contributed by atoms with Gasteiger partial charge in [0.25, 0.3) is 0 Å². The number of halogens is 2. The number of aryl methyl sites for hydroxylation is 2. The Bertz CT molecular complexity index is 4190. The van der Waals surface area contributed by atoms with Gasteiger partial charge in [-0.15, -0.1) is 24.8 Å². The molecule has 0 saturated heterocycles. The van der Waals surface area contributed by atoms with Gasteiger partial charge in [-0.25, -0.2) is 0 Å². The molecule has 14 rings (SSSR count). The van der Waals surface area contributed by atoms with Gasteiger partial charge in [0.1, 0.15) is 0 Å². The predicted molar refractivity (Wildman–Crippen MR) is 350 cm³/mol. The van der Waals surface area contributed by atoms with Crippen LogP contribution >= 0.6 is 24.8 Å². The van der Waals surface area contributed by atoms with Gasteiger partial charge in [-0.3, -0.25) is 0 Å². The van der Waals surface area contributed by atoms with Crippen LogP contribution in [-0.2, 0) is 30.2 Å². The molecule has 80 heavy (non-hydrogen) atoms. The van der Waals surface area contributed by atoms with Crippen LogP contribution in [0.3, 0.4) is 0 Å². The van der Waals surface area contributed by atoms with E-state index in [-0.39, 0.29) is 32.1 Å². The van der Waals surface area contributed by atoms with E-state index in [1.165, 1.54) is 110 Å². The molecule has 0 aliphatic heterocycles. The fraction of sp³-hybridized carbons (Fsp3) is 0.105. The van der Waals surface area contributed by atoms with E-state index in [0.717, 1.165) is 25.7 Å². The molecule has 2 aliphatic rings. The number of rotatable bonds is 12. The summed E-state index contributed by atoms with van der Waals surface area (Å²) in [6.45, 7) is 2.52. The van der Waals surface area contributed by atoms with Gasteiger partial charge in [0.15, 0.2) is 0 Å². The summed E-state index contributed by atoms with van der Waals surface area (Å²) in [6, 6.07) is 96.4. The van der Waals surface area contributed by atoms with Crippen molar-refractivity contribution in [3.63, 3.8) is 0 Å². The summed E-state index contributed by atoms with van der Waals surface area (Å²) in [4.78, 5) is 0. The molecule has 2 atom stereocenters. The van der Waals surface area contributed by atoms with Gasteiger partial charge in [0, 0.05) is 0 Å². The fourth-order valence-corrected chi connectivity index (χ4v) is 34.2. The van der Waals surface area contributed by atoms with Crippen LogP contribution < -0.4 is 0 Å². The van der Waals surface area contributed by atoms with Gasteiger partial charge in [-0.1, -0.05) is 0 Å². The van der Waals surface area contributed by atoms with Crippen LogP contribution in [0, 0.1) is 0 Å². The second-order valence-electron chi connectivity index (χ2n) is 23.3. The van der Waals surface area contributed by atoms with Crippen molar-refractivity contribution in [3.8, 4) is 44.5 Å². The Labute approximate surface area is 486 Å². The van der Waals surface area contributed by atoms with E-state index in [0.29, 0.717) is 0 Å². The Morgan fingerprint density at radius 3 is 0.900 bits per heavy atom. The molecule has 4 heteroatoms. The van der Waals surface area contributed by atoms with Crippen molar-refractivity contribution in [2.45, 2.75) is 42.2 Å². The molecule has 12 aromatic rings. The number of benzene rings is 12. The summed E-state index contributed by atoms with van der Waals surface area (Å²) in [5, 5.41) is 10.3. The Balaban J connectivity index is 0.00000318. The average Bonchev–Trinajstić information content (AvgIpc) is 4.31. The van der Waals surface area contributed by atoms with Crippen molar-refractivity contribution < 1.29 is 17.4 Å². The summed E-state index contributed by atoms with van der Waals surface area (Å²) >= 11 is -4.63. The van der Waals surface area contributed by atoms with E-state index in [4.69, 9.17) is 0 Å². The molecule has 0 aromatic heterocycles. The number of fused-ring (bicyclic) bond motifs is 6. The van der Waals surface area contributed by atoms with Crippen LogP contribution in [0.2, 0.25) is 9.26 Å². The summed E-state index contributed by atoms with van der Waals surface area (Å²) in [6.07, 6.45) is 9.42. The van der Waals surface area contributed by atoms with E-state index >= 15 is 0 Å². The minimum absolute atomic E-state index is 0.